The summed E-state index contributed by atoms with van der Waals surface area (Å²) in [6.45, 7) is 6.73. The maximum absolute atomic E-state index is 12.7. The molecule has 0 aliphatic carbocycles. The quantitative estimate of drug-likeness (QED) is 0.893. The Morgan fingerprint density at radius 3 is 2.77 bits per heavy atom. The van der Waals surface area contributed by atoms with Crippen LogP contribution in [0.2, 0.25) is 0 Å². The first-order valence-electron chi connectivity index (χ1n) is 8.90. The second kappa shape index (κ2) is 7.60. The molecule has 1 atom stereocenters. The van der Waals surface area contributed by atoms with Gasteiger partial charge in [0, 0.05) is 18.7 Å². The Bertz CT molecular complexity index is 832. The highest BCUT2D eigenvalue weighted by Crippen LogP contribution is 2.33. The van der Waals surface area contributed by atoms with Gasteiger partial charge in [0.15, 0.2) is 0 Å². The second-order valence-corrected chi connectivity index (χ2v) is 6.61. The molecule has 1 N–H and O–H groups in total. The summed E-state index contributed by atoms with van der Waals surface area (Å²) < 4.78 is 5.62. The van der Waals surface area contributed by atoms with Crippen LogP contribution in [0.5, 0.6) is 5.75 Å². The number of para-hydroxylation sites is 2. The summed E-state index contributed by atoms with van der Waals surface area (Å²) in [5.41, 5.74) is 3.62. The number of aryl methyl sites for hydroxylation is 2. The summed E-state index contributed by atoms with van der Waals surface area (Å²) in [4.78, 5) is 26.9. The molecule has 0 aromatic heterocycles. The molecule has 0 radical (unpaired) electrons. The number of ether oxygens (including phenoxy) is 1. The van der Waals surface area contributed by atoms with Gasteiger partial charge in [-0.3, -0.25) is 9.59 Å². The molecular weight excluding hydrogens is 328 g/mol. The predicted molar refractivity (Wildman–Crippen MR) is 103 cm³/mol. The van der Waals surface area contributed by atoms with Gasteiger partial charge in [0.1, 0.15) is 5.75 Å². The van der Waals surface area contributed by atoms with Crippen molar-refractivity contribution >= 4 is 23.2 Å². The number of anilines is 2. The Kier molecular flexibility index (Phi) is 5.26. The highest BCUT2D eigenvalue weighted by atomic mass is 16.5. The third-order valence-electron chi connectivity index (χ3n) is 4.60. The fourth-order valence-corrected chi connectivity index (χ4v) is 3.18. The lowest BCUT2D eigenvalue weighted by molar-refractivity contribution is -0.122. The molecule has 136 valence electrons. The van der Waals surface area contributed by atoms with E-state index in [-0.39, 0.29) is 24.2 Å². The van der Waals surface area contributed by atoms with Gasteiger partial charge in [0.05, 0.1) is 18.2 Å². The van der Waals surface area contributed by atoms with Crippen molar-refractivity contribution < 1.29 is 14.3 Å². The smallest absolute Gasteiger partial charge is 0.229 e. The van der Waals surface area contributed by atoms with Crippen LogP contribution in [0.4, 0.5) is 11.4 Å². The topological polar surface area (TPSA) is 58.6 Å². The van der Waals surface area contributed by atoms with Crippen molar-refractivity contribution in [3.8, 4) is 5.75 Å². The van der Waals surface area contributed by atoms with E-state index in [2.05, 4.69) is 5.32 Å². The zero-order chi connectivity index (χ0) is 18.7. The van der Waals surface area contributed by atoms with E-state index in [9.17, 15) is 9.59 Å². The lowest BCUT2D eigenvalue weighted by Crippen LogP contribution is -2.28. The lowest BCUT2D eigenvalue weighted by Gasteiger charge is -2.20. The molecule has 0 saturated carbocycles. The molecule has 0 bridgehead atoms. The zero-order valence-corrected chi connectivity index (χ0v) is 15.4. The number of hydrogen-bond acceptors (Lipinski definition) is 3. The molecule has 2 aromatic rings. The van der Waals surface area contributed by atoms with Gasteiger partial charge in [-0.05, 0) is 50.1 Å². The Morgan fingerprint density at radius 2 is 2.00 bits per heavy atom. The van der Waals surface area contributed by atoms with Crippen molar-refractivity contribution in [2.24, 2.45) is 5.92 Å². The number of carbonyl (C=O) groups excluding carboxylic acids is 2. The van der Waals surface area contributed by atoms with E-state index in [0.29, 0.717) is 18.9 Å². The highest BCUT2D eigenvalue weighted by molar-refractivity contribution is 6.04. The van der Waals surface area contributed by atoms with Gasteiger partial charge in [-0.1, -0.05) is 24.3 Å². The average molecular weight is 352 g/mol. The van der Waals surface area contributed by atoms with Crippen LogP contribution in [0.15, 0.2) is 42.5 Å². The first kappa shape index (κ1) is 18.0. The SMILES string of the molecule is CCOc1ccccc1N1C[C@@H](C(=O)Nc2cc(C)ccc2C)CC1=O. The summed E-state index contributed by atoms with van der Waals surface area (Å²) in [6.07, 6.45) is 0.206. The Morgan fingerprint density at radius 1 is 1.23 bits per heavy atom. The third-order valence-corrected chi connectivity index (χ3v) is 4.60. The second-order valence-electron chi connectivity index (χ2n) is 6.61. The zero-order valence-electron chi connectivity index (χ0n) is 15.4. The molecular formula is C21H24N2O3. The van der Waals surface area contributed by atoms with Crippen molar-refractivity contribution in [1.82, 2.24) is 0 Å². The number of amides is 2. The highest BCUT2D eigenvalue weighted by Gasteiger charge is 2.36. The molecule has 1 aliphatic heterocycles. The number of nitrogens with zero attached hydrogens (tertiary/aromatic N) is 1. The van der Waals surface area contributed by atoms with Gasteiger partial charge < -0.3 is 15.0 Å². The minimum atomic E-state index is -0.378. The van der Waals surface area contributed by atoms with Crippen LogP contribution in [-0.4, -0.2) is 25.0 Å². The molecule has 26 heavy (non-hydrogen) atoms. The third kappa shape index (κ3) is 3.72. The van der Waals surface area contributed by atoms with Crippen molar-refractivity contribution in [2.75, 3.05) is 23.4 Å². The molecule has 1 heterocycles. The van der Waals surface area contributed by atoms with Gasteiger partial charge in [-0.15, -0.1) is 0 Å². The molecule has 0 unspecified atom stereocenters. The normalized spacial score (nSPS) is 16.7. The van der Waals surface area contributed by atoms with E-state index in [1.54, 1.807) is 4.90 Å². The van der Waals surface area contributed by atoms with Gasteiger partial charge >= 0.3 is 0 Å². The minimum absolute atomic E-state index is 0.0572. The van der Waals surface area contributed by atoms with E-state index in [0.717, 1.165) is 22.5 Å². The maximum atomic E-state index is 12.7. The number of hydrogen-bond donors (Lipinski definition) is 1. The summed E-state index contributed by atoms with van der Waals surface area (Å²) in [5, 5.41) is 2.98. The van der Waals surface area contributed by atoms with Crippen LogP contribution in [0.3, 0.4) is 0 Å². The van der Waals surface area contributed by atoms with Crippen LogP contribution < -0.4 is 15.0 Å². The molecule has 5 heteroatoms. The molecule has 0 spiro atoms. The Labute approximate surface area is 154 Å². The molecule has 1 fully saturated rings. The summed E-state index contributed by atoms with van der Waals surface area (Å²) in [7, 11) is 0. The van der Waals surface area contributed by atoms with Crippen molar-refractivity contribution in [2.45, 2.75) is 27.2 Å². The number of benzene rings is 2. The van der Waals surface area contributed by atoms with Gasteiger partial charge in [-0.2, -0.15) is 0 Å². The summed E-state index contributed by atoms with van der Waals surface area (Å²) in [5.74, 6) is 0.109. The lowest BCUT2D eigenvalue weighted by atomic mass is 10.1. The summed E-state index contributed by atoms with van der Waals surface area (Å²) >= 11 is 0. The van der Waals surface area contributed by atoms with Gasteiger partial charge in [0.2, 0.25) is 11.8 Å². The first-order valence-corrected chi connectivity index (χ1v) is 8.90. The summed E-state index contributed by atoms with van der Waals surface area (Å²) in [6, 6.07) is 13.4. The average Bonchev–Trinajstić information content (AvgIpc) is 3.01. The van der Waals surface area contributed by atoms with E-state index >= 15 is 0 Å². The van der Waals surface area contributed by atoms with Crippen molar-refractivity contribution in [1.29, 1.82) is 0 Å². The van der Waals surface area contributed by atoms with Crippen molar-refractivity contribution in [3.05, 3.63) is 53.6 Å². The Balaban J connectivity index is 1.75. The molecule has 2 aromatic carbocycles. The maximum Gasteiger partial charge on any atom is 0.229 e. The molecule has 1 saturated heterocycles. The van der Waals surface area contributed by atoms with E-state index < -0.39 is 0 Å². The minimum Gasteiger partial charge on any atom is -0.492 e. The van der Waals surface area contributed by atoms with Crippen LogP contribution in [0.1, 0.15) is 24.5 Å². The van der Waals surface area contributed by atoms with Crippen LogP contribution in [-0.2, 0) is 9.59 Å². The van der Waals surface area contributed by atoms with E-state index in [4.69, 9.17) is 4.74 Å². The van der Waals surface area contributed by atoms with Crippen LogP contribution in [0.25, 0.3) is 0 Å². The number of rotatable bonds is 5. The van der Waals surface area contributed by atoms with E-state index in [1.165, 1.54) is 0 Å². The first-order chi connectivity index (χ1) is 12.5. The largest absolute Gasteiger partial charge is 0.492 e. The molecule has 1 aliphatic rings. The molecule has 2 amide bonds. The standard InChI is InChI=1S/C21H24N2O3/c1-4-26-19-8-6-5-7-18(19)23-13-16(12-20(23)24)21(25)22-17-11-14(2)9-10-15(17)3/h5-11,16H,4,12-13H2,1-3H3,(H,22,25)/t16-/m0/s1. The van der Waals surface area contributed by atoms with Gasteiger partial charge in [0.25, 0.3) is 0 Å². The fraction of sp³-hybridized carbons (Fsp3) is 0.333. The van der Waals surface area contributed by atoms with Crippen LogP contribution in [0, 0.1) is 19.8 Å². The molecule has 3 rings (SSSR count). The Hall–Kier alpha value is -2.82. The number of carbonyl (C=O) groups is 2. The fourth-order valence-electron chi connectivity index (χ4n) is 3.18. The van der Waals surface area contributed by atoms with Crippen molar-refractivity contribution in [3.63, 3.8) is 0 Å². The number of nitrogens with one attached hydrogen (secondary N) is 1. The molecule has 5 nitrogen and oxygen atoms in total. The monoisotopic (exact) mass is 352 g/mol. The van der Waals surface area contributed by atoms with Crippen LogP contribution >= 0.6 is 0 Å². The van der Waals surface area contributed by atoms with E-state index in [1.807, 2.05) is 63.2 Å². The van der Waals surface area contributed by atoms with Gasteiger partial charge in [-0.25, -0.2) is 0 Å². The predicted octanol–water partition coefficient (Wildman–Crippen LogP) is 3.69.